The summed E-state index contributed by atoms with van der Waals surface area (Å²) in [5, 5.41) is 5.07. The largest absolute Gasteiger partial charge is 0.309 e. The van der Waals surface area contributed by atoms with Crippen LogP contribution in [0.5, 0.6) is 0 Å². The van der Waals surface area contributed by atoms with Crippen molar-refractivity contribution in [3.8, 4) is 22.3 Å². The van der Waals surface area contributed by atoms with Crippen LogP contribution in [0.25, 0.3) is 49.4 Å². The van der Waals surface area contributed by atoms with Gasteiger partial charge in [0.2, 0.25) is 0 Å². The Labute approximate surface area is 316 Å². The van der Waals surface area contributed by atoms with Crippen LogP contribution in [-0.2, 0) is 11.8 Å². The topological polar surface area (TPSA) is 3.24 Å². The zero-order valence-electron chi connectivity index (χ0n) is 30.0. The fourth-order valence-corrected chi connectivity index (χ4v) is 9.92. The molecular weight excluding hydrogens is 651 g/mol. The standard InChI is InChI=1S/C53H37N/c1-2-45-40(23-8-6-18-35-16-4-3-5-17-35)43-32-31-38(34-48(43)53(45)46-27-12-10-24-41(46)42-25-11-13-28-47(42)53)54-49-29-15-21-37-20-14-26-44(51(37)49)52-39-22-9-7-19-36(39)30-33-50(52)54/h2-5,7-17,19-34H,1,6,18H2/b23-8-. The van der Waals surface area contributed by atoms with Crippen molar-refractivity contribution in [1.29, 1.82) is 0 Å². The molecule has 3 aliphatic rings. The van der Waals surface area contributed by atoms with Crippen molar-refractivity contribution < 1.29 is 0 Å². The van der Waals surface area contributed by atoms with Gasteiger partial charge in [0.05, 0.1) is 16.8 Å². The SMILES string of the molecule is C=CC1=C(/C=C\CCc2ccccc2)c2ccc(N3c4ccc5ccccc5c4-c4cccc5cccc3c45)cc2C12c1ccccc1-c1ccccc12. The van der Waals surface area contributed by atoms with E-state index in [0.29, 0.717) is 0 Å². The number of hydrogen-bond acceptors (Lipinski definition) is 1. The Hall–Kier alpha value is -6.70. The van der Waals surface area contributed by atoms with Gasteiger partial charge in [0.1, 0.15) is 0 Å². The molecule has 8 aromatic carbocycles. The first-order valence-corrected chi connectivity index (χ1v) is 19.0. The monoisotopic (exact) mass is 687 g/mol. The summed E-state index contributed by atoms with van der Waals surface area (Å²) >= 11 is 0. The Morgan fingerprint density at radius 2 is 1.22 bits per heavy atom. The van der Waals surface area contributed by atoms with Crippen LogP contribution in [0.4, 0.5) is 17.1 Å². The highest BCUT2D eigenvalue weighted by Crippen LogP contribution is 2.63. The van der Waals surface area contributed by atoms with Gasteiger partial charge < -0.3 is 4.90 Å². The molecule has 0 atom stereocenters. The first kappa shape index (κ1) is 30.9. The fourth-order valence-electron chi connectivity index (χ4n) is 9.92. The molecule has 1 nitrogen and oxygen atoms in total. The summed E-state index contributed by atoms with van der Waals surface area (Å²) in [7, 11) is 0. The fraction of sp³-hybridized carbons (Fsp3) is 0.0566. The van der Waals surface area contributed by atoms with Crippen LogP contribution in [0.1, 0.15) is 34.2 Å². The van der Waals surface area contributed by atoms with E-state index in [4.69, 9.17) is 0 Å². The van der Waals surface area contributed by atoms with Crippen LogP contribution in [0.2, 0.25) is 0 Å². The Morgan fingerprint density at radius 3 is 2.02 bits per heavy atom. The van der Waals surface area contributed by atoms with Crippen LogP contribution >= 0.6 is 0 Å². The molecule has 0 amide bonds. The Morgan fingerprint density at radius 1 is 0.537 bits per heavy atom. The van der Waals surface area contributed by atoms with Crippen LogP contribution in [0.15, 0.2) is 200 Å². The highest BCUT2D eigenvalue weighted by Gasteiger charge is 2.52. The lowest BCUT2D eigenvalue weighted by atomic mass is 9.69. The van der Waals surface area contributed by atoms with E-state index < -0.39 is 5.41 Å². The Bertz CT molecular complexity index is 2850. The van der Waals surface area contributed by atoms with Gasteiger partial charge in [0.25, 0.3) is 0 Å². The van der Waals surface area contributed by atoms with Gasteiger partial charge in [-0.2, -0.15) is 0 Å². The highest BCUT2D eigenvalue weighted by atomic mass is 15.2. The molecule has 2 aliphatic carbocycles. The summed E-state index contributed by atoms with van der Waals surface area (Å²) in [6, 6.07) is 62.9. The lowest BCUT2D eigenvalue weighted by Gasteiger charge is -2.36. The Kier molecular flexibility index (Phi) is 6.81. The molecule has 0 saturated carbocycles. The Balaban J connectivity index is 1.17. The second-order valence-corrected chi connectivity index (χ2v) is 14.7. The summed E-state index contributed by atoms with van der Waals surface area (Å²) in [6.07, 6.45) is 8.84. The zero-order valence-corrected chi connectivity index (χ0v) is 30.0. The zero-order chi connectivity index (χ0) is 35.8. The minimum atomic E-state index is -0.495. The number of aryl methyl sites for hydroxylation is 1. The van der Waals surface area contributed by atoms with E-state index in [1.165, 1.54) is 94.1 Å². The average Bonchev–Trinajstić information content (AvgIpc) is 3.69. The van der Waals surface area contributed by atoms with E-state index in [1.54, 1.807) is 0 Å². The number of fused-ring (bicyclic) bond motifs is 11. The van der Waals surface area contributed by atoms with Crippen molar-refractivity contribution in [2.24, 2.45) is 0 Å². The van der Waals surface area contributed by atoms with Crippen molar-refractivity contribution in [2.75, 3.05) is 4.90 Å². The van der Waals surface area contributed by atoms with Gasteiger partial charge in [0, 0.05) is 16.6 Å². The summed E-state index contributed by atoms with van der Waals surface area (Å²) in [5.41, 5.74) is 17.3. The van der Waals surface area contributed by atoms with E-state index in [0.717, 1.165) is 18.5 Å². The molecule has 8 aromatic rings. The molecule has 1 heterocycles. The molecule has 1 aliphatic heterocycles. The summed E-state index contributed by atoms with van der Waals surface area (Å²) in [4.78, 5) is 2.51. The van der Waals surface area contributed by atoms with Crippen molar-refractivity contribution in [3.63, 3.8) is 0 Å². The van der Waals surface area contributed by atoms with Gasteiger partial charge in [-0.05, 0) is 109 Å². The molecule has 0 aromatic heterocycles. The molecule has 0 fully saturated rings. The van der Waals surface area contributed by atoms with Crippen molar-refractivity contribution >= 4 is 44.2 Å². The second kappa shape index (κ2) is 11.9. The van der Waals surface area contributed by atoms with Gasteiger partial charge in [-0.1, -0.05) is 170 Å². The maximum absolute atomic E-state index is 4.54. The second-order valence-electron chi connectivity index (χ2n) is 14.7. The van der Waals surface area contributed by atoms with Gasteiger partial charge >= 0.3 is 0 Å². The highest BCUT2D eigenvalue weighted by molar-refractivity contribution is 6.19. The van der Waals surface area contributed by atoms with E-state index in [9.17, 15) is 0 Å². The quantitative estimate of drug-likeness (QED) is 0.168. The predicted molar refractivity (Wildman–Crippen MR) is 228 cm³/mol. The number of anilines is 3. The molecule has 11 rings (SSSR count). The average molecular weight is 688 g/mol. The maximum Gasteiger partial charge on any atom is 0.0726 e. The summed E-state index contributed by atoms with van der Waals surface area (Å²) in [5.74, 6) is 0. The van der Waals surface area contributed by atoms with Crippen LogP contribution < -0.4 is 4.90 Å². The molecule has 0 bridgehead atoms. The number of nitrogens with zero attached hydrogens (tertiary/aromatic N) is 1. The van der Waals surface area contributed by atoms with Gasteiger partial charge in [-0.15, -0.1) is 0 Å². The molecule has 1 heteroatoms. The molecule has 0 radical (unpaired) electrons. The molecular formula is C53H37N. The van der Waals surface area contributed by atoms with Gasteiger partial charge in [0.15, 0.2) is 0 Å². The molecule has 0 saturated heterocycles. The van der Waals surface area contributed by atoms with E-state index in [1.807, 2.05) is 0 Å². The van der Waals surface area contributed by atoms with Crippen molar-refractivity contribution in [3.05, 3.63) is 228 Å². The lowest BCUT2D eigenvalue weighted by molar-refractivity contribution is 0.786. The lowest BCUT2D eigenvalue weighted by Crippen LogP contribution is -2.27. The smallest absolute Gasteiger partial charge is 0.0726 e. The van der Waals surface area contributed by atoms with Crippen molar-refractivity contribution in [1.82, 2.24) is 0 Å². The van der Waals surface area contributed by atoms with E-state index >= 15 is 0 Å². The normalized spacial score (nSPS) is 14.5. The molecule has 254 valence electrons. The maximum atomic E-state index is 4.54. The number of hydrogen-bond donors (Lipinski definition) is 0. The first-order valence-electron chi connectivity index (χ1n) is 19.0. The minimum absolute atomic E-state index is 0.495. The van der Waals surface area contributed by atoms with E-state index in [-0.39, 0.29) is 0 Å². The molecule has 0 N–H and O–H groups in total. The third-order valence-electron chi connectivity index (χ3n) is 12.1. The molecule has 0 unspecified atom stereocenters. The first-order chi connectivity index (χ1) is 26.8. The van der Waals surface area contributed by atoms with Crippen LogP contribution in [0.3, 0.4) is 0 Å². The minimum Gasteiger partial charge on any atom is -0.309 e. The summed E-state index contributed by atoms with van der Waals surface area (Å²) < 4.78 is 0. The van der Waals surface area contributed by atoms with Gasteiger partial charge in [-0.25, -0.2) is 0 Å². The predicted octanol–water partition coefficient (Wildman–Crippen LogP) is 13.9. The number of allylic oxidation sites excluding steroid dienone is 5. The third-order valence-corrected chi connectivity index (χ3v) is 12.1. The van der Waals surface area contributed by atoms with E-state index in [2.05, 4.69) is 200 Å². The molecule has 54 heavy (non-hydrogen) atoms. The van der Waals surface area contributed by atoms with Crippen molar-refractivity contribution in [2.45, 2.75) is 18.3 Å². The summed E-state index contributed by atoms with van der Waals surface area (Å²) in [6.45, 7) is 4.54. The van der Waals surface area contributed by atoms with Gasteiger partial charge in [-0.3, -0.25) is 0 Å². The number of benzene rings is 8. The van der Waals surface area contributed by atoms with Crippen LogP contribution in [0, 0.1) is 0 Å². The van der Waals surface area contributed by atoms with Crippen LogP contribution in [-0.4, -0.2) is 0 Å². The third kappa shape index (κ3) is 4.21. The molecule has 1 spiro atoms. The number of rotatable bonds is 6.